The monoisotopic (exact) mass is 195 g/mol. The van der Waals surface area contributed by atoms with E-state index in [1.54, 1.807) is 12.3 Å². The summed E-state index contributed by atoms with van der Waals surface area (Å²) < 4.78 is 0. The van der Waals surface area contributed by atoms with E-state index in [1.807, 2.05) is 6.07 Å². The number of aliphatic imine (C=N–C) groups is 1. The van der Waals surface area contributed by atoms with Gasteiger partial charge in [0.2, 0.25) is 0 Å². The number of halogens is 1. The van der Waals surface area contributed by atoms with Crippen molar-refractivity contribution < 1.29 is 0 Å². The summed E-state index contributed by atoms with van der Waals surface area (Å²) in [6.45, 7) is 2.93. The maximum atomic E-state index is 5.68. The van der Waals surface area contributed by atoms with Gasteiger partial charge in [-0.05, 0) is 19.1 Å². The molecule has 0 aliphatic carbocycles. The van der Waals surface area contributed by atoms with E-state index >= 15 is 0 Å². The highest BCUT2D eigenvalue weighted by Crippen LogP contribution is 2.08. The summed E-state index contributed by atoms with van der Waals surface area (Å²) in [7, 11) is 0. The van der Waals surface area contributed by atoms with Gasteiger partial charge in [0, 0.05) is 17.8 Å². The third-order valence-electron chi connectivity index (χ3n) is 1.91. The third kappa shape index (κ3) is 1.80. The molecular weight excluding hydrogens is 186 g/mol. The second-order valence-electron chi connectivity index (χ2n) is 3.10. The number of pyridine rings is 1. The summed E-state index contributed by atoms with van der Waals surface area (Å²) in [4.78, 5) is 8.33. The molecule has 0 radical (unpaired) electrons. The molecule has 68 valence electrons. The zero-order valence-electron chi connectivity index (χ0n) is 7.29. The molecule has 1 unspecified atom stereocenters. The first kappa shape index (κ1) is 8.51. The van der Waals surface area contributed by atoms with Gasteiger partial charge in [-0.15, -0.1) is 0 Å². The normalized spacial score (nSPS) is 21.1. The molecule has 13 heavy (non-hydrogen) atoms. The van der Waals surface area contributed by atoms with Crippen LogP contribution in [-0.4, -0.2) is 23.4 Å². The first-order valence-corrected chi connectivity index (χ1v) is 4.56. The lowest BCUT2D eigenvalue weighted by molar-refractivity contribution is 0.726. The molecule has 0 saturated carbocycles. The fourth-order valence-corrected chi connectivity index (χ4v) is 1.36. The van der Waals surface area contributed by atoms with E-state index in [1.165, 1.54) is 0 Å². The Balaban J connectivity index is 2.22. The van der Waals surface area contributed by atoms with Gasteiger partial charge in [0.25, 0.3) is 0 Å². The van der Waals surface area contributed by atoms with Gasteiger partial charge in [0.15, 0.2) is 0 Å². The molecule has 1 aromatic heterocycles. The van der Waals surface area contributed by atoms with Crippen LogP contribution in [0.2, 0.25) is 5.15 Å². The summed E-state index contributed by atoms with van der Waals surface area (Å²) in [5.41, 5.74) is 0.994. The molecule has 0 aromatic carbocycles. The first-order chi connectivity index (χ1) is 6.25. The Hall–Kier alpha value is -1.09. The molecule has 2 rings (SSSR count). The maximum absolute atomic E-state index is 5.68. The number of rotatable bonds is 1. The molecule has 2 heterocycles. The highest BCUT2D eigenvalue weighted by molar-refractivity contribution is 6.29. The Bertz CT molecular complexity index is 331. The summed E-state index contributed by atoms with van der Waals surface area (Å²) in [5, 5.41) is 3.77. The minimum absolute atomic E-state index is 0.422. The summed E-state index contributed by atoms with van der Waals surface area (Å²) >= 11 is 5.68. The van der Waals surface area contributed by atoms with Gasteiger partial charge in [-0.3, -0.25) is 4.99 Å². The average Bonchev–Trinajstić information content (AvgIpc) is 2.53. The van der Waals surface area contributed by atoms with Crippen molar-refractivity contribution in [3.8, 4) is 0 Å². The van der Waals surface area contributed by atoms with Crippen molar-refractivity contribution in [2.45, 2.75) is 13.0 Å². The van der Waals surface area contributed by atoms with Gasteiger partial charge in [-0.25, -0.2) is 4.98 Å². The Kier molecular flexibility index (Phi) is 2.19. The molecule has 4 heteroatoms. The van der Waals surface area contributed by atoms with Crippen LogP contribution in [0.1, 0.15) is 12.5 Å². The smallest absolute Gasteiger partial charge is 0.130 e. The van der Waals surface area contributed by atoms with E-state index in [4.69, 9.17) is 11.6 Å². The number of hydrogen-bond acceptors (Lipinski definition) is 3. The molecule has 0 saturated heterocycles. The van der Waals surface area contributed by atoms with Crippen LogP contribution >= 0.6 is 11.6 Å². The zero-order chi connectivity index (χ0) is 9.26. The van der Waals surface area contributed by atoms with E-state index < -0.39 is 0 Å². The van der Waals surface area contributed by atoms with Crippen LogP contribution in [0.15, 0.2) is 23.3 Å². The fourth-order valence-electron chi connectivity index (χ4n) is 1.24. The van der Waals surface area contributed by atoms with Crippen molar-refractivity contribution in [1.29, 1.82) is 0 Å². The lowest BCUT2D eigenvalue weighted by Gasteiger charge is -2.04. The van der Waals surface area contributed by atoms with Crippen LogP contribution in [0, 0.1) is 0 Å². The minimum Gasteiger partial charge on any atom is -0.366 e. The van der Waals surface area contributed by atoms with Gasteiger partial charge in [-0.1, -0.05) is 11.6 Å². The minimum atomic E-state index is 0.422. The molecule has 0 bridgehead atoms. The maximum Gasteiger partial charge on any atom is 0.130 e. The largest absolute Gasteiger partial charge is 0.366 e. The quantitative estimate of drug-likeness (QED) is 0.690. The molecule has 0 spiro atoms. The van der Waals surface area contributed by atoms with E-state index in [0.717, 1.165) is 17.9 Å². The van der Waals surface area contributed by atoms with Gasteiger partial charge in [0.1, 0.15) is 11.0 Å². The SMILES string of the molecule is CC1CN=C(c2ccc(Cl)nc2)N1. The van der Waals surface area contributed by atoms with Crippen LogP contribution in [0.5, 0.6) is 0 Å². The summed E-state index contributed by atoms with van der Waals surface area (Å²) in [6.07, 6.45) is 1.73. The lowest BCUT2D eigenvalue weighted by Crippen LogP contribution is -2.27. The van der Waals surface area contributed by atoms with Crippen molar-refractivity contribution in [3.63, 3.8) is 0 Å². The van der Waals surface area contributed by atoms with Crippen LogP contribution < -0.4 is 5.32 Å². The average molecular weight is 196 g/mol. The number of nitrogens with one attached hydrogen (secondary N) is 1. The van der Waals surface area contributed by atoms with Gasteiger partial charge < -0.3 is 5.32 Å². The molecule has 1 aliphatic heterocycles. The molecular formula is C9H10ClN3. The van der Waals surface area contributed by atoms with E-state index in [0.29, 0.717) is 11.2 Å². The van der Waals surface area contributed by atoms with Crippen molar-refractivity contribution in [2.75, 3.05) is 6.54 Å². The molecule has 1 aromatic rings. The molecule has 3 nitrogen and oxygen atoms in total. The van der Waals surface area contributed by atoms with Crippen molar-refractivity contribution in [2.24, 2.45) is 4.99 Å². The highest BCUT2D eigenvalue weighted by Gasteiger charge is 2.13. The summed E-state index contributed by atoms with van der Waals surface area (Å²) in [6, 6.07) is 4.11. The summed E-state index contributed by atoms with van der Waals surface area (Å²) in [5.74, 6) is 0.914. The predicted octanol–water partition coefficient (Wildman–Crippen LogP) is 1.47. The second-order valence-corrected chi connectivity index (χ2v) is 3.49. The Morgan fingerprint density at radius 3 is 2.92 bits per heavy atom. The molecule has 1 N–H and O–H groups in total. The van der Waals surface area contributed by atoms with Gasteiger partial charge in [-0.2, -0.15) is 0 Å². The Labute approximate surface area is 81.9 Å². The highest BCUT2D eigenvalue weighted by atomic mass is 35.5. The number of amidine groups is 1. The predicted molar refractivity (Wildman–Crippen MR) is 53.2 cm³/mol. The number of nitrogens with zero attached hydrogens (tertiary/aromatic N) is 2. The standard InChI is InChI=1S/C9H10ClN3/c1-6-4-12-9(13-6)7-2-3-8(10)11-5-7/h2-3,5-6H,4H2,1H3,(H,12,13). The van der Waals surface area contributed by atoms with Crippen LogP contribution in [0.3, 0.4) is 0 Å². The Morgan fingerprint density at radius 1 is 1.54 bits per heavy atom. The van der Waals surface area contributed by atoms with Gasteiger partial charge >= 0.3 is 0 Å². The van der Waals surface area contributed by atoms with Crippen LogP contribution in [0.4, 0.5) is 0 Å². The molecule has 1 aliphatic rings. The van der Waals surface area contributed by atoms with Crippen LogP contribution in [-0.2, 0) is 0 Å². The number of aromatic nitrogens is 1. The van der Waals surface area contributed by atoms with Crippen molar-refractivity contribution >= 4 is 17.4 Å². The van der Waals surface area contributed by atoms with Crippen molar-refractivity contribution in [3.05, 3.63) is 29.0 Å². The molecule has 1 atom stereocenters. The molecule has 0 fully saturated rings. The van der Waals surface area contributed by atoms with E-state index in [9.17, 15) is 0 Å². The van der Waals surface area contributed by atoms with Crippen LogP contribution in [0.25, 0.3) is 0 Å². The number of hydrogen-bond donors (Lipinski definition) is 1. The lowest BCUT2D eigenvalue weighted by atomic mass is 10.2. The Morgan fingerprint density at radius 2 is 2.38 bits per heavy atom. The topological polar surface area (TPSA) is 37.3 Å². The van der Waals surface area contributed by atoms with E-state index in [-0.39, 0.29) is 0 Å². The van der Waals surface area contributed by atoms with E-state index in [2.05, 4.69) is 22.2 Å². The molecule has 0 amide bonds. The van der Waals surface area contributed by atoms with Gasteiger partial charge in [0.05, 0.1) is 6.54 Å². The van der Waals surface area contributed by atoms with Crippen molar-refractivity contribution in [1.82, 2.24) is 10.3 Å². The zero-order valence-corrected chi connectivity index (χ0v) is 8.04. The fraction of sp³-hybridized carbons (Fsp3) is 0.333. The second kappa shape index (κ2) is 3.34. The first-order valence-electron chi connectivity index (χ1n) is 4.18. The third-order valence-corrected chi connectivity index (χ3v) is 2.13.